The number of ether oxygens (including phenoxy) is 1. The molecule has 0 aliphatic heterocycles. The lowest BCUT2D eigenvalue weighted by Gasteiger charge is -2.42. The highest BCUT2D eigenvalue weighted by molar-refractivity contribution is 7.91. The summed E-state index contributed by atoms with van der Waals surface area (Å²) in [6.07, 6.45) is 2.94. The van der Waals surface area contributed by atoms with E-state index in [1.165, 1.54) is 5.56 Å². The Hall–Kier alpha value is -2.14. The van der Waals surface area contributed by atoms with Crippen LogP contribution in [0.4, 0.5) is 0 Å². The Labute approximate surface area is 180 Å². The van der Waals surface area contributed by atoms with E-state index in [1.54, 1.807) is 37.3 Å². The lowest BCUT2D eigenvalue weighted by molar-refractivity contribution is -0.143. The molecule has 0 atom stereocenters. The van der Waals surface area contributed by atoms with E-state index < -0.39 is 9.84 Å². The van der Waals surface area contributed by atoms with Crippen LogP contribution in [0.5, 0.6) is 0 Å². The molecule has 0 heterocycles. The Morgan fingerprint density at radius 2 is 1.47 bits per heavy atom. The highest BCUT2D eigenvalue weighted by Gasteiger charge is 2.37. The highest BCUT2D eigenvalue weighted by atomic mass is 32.2. The van der Waals surface area contributed by atoms with Crippen LogP contribution in [0, 0.1) is 0 Å². The van der Waals surface area contributed by atoms with Gasteiger partial charge in [-0.25, -0.2) is 8.42 Å². The van der Waals surface area contributed by atoms with Crippen LogP contribution in [-0.4, -0.2) is 21.0 Å². The zero-order chi connectivity index (χ0) is 22.2. The van der Waals surface area contributed by atoms with Gasteiger partial charge in [-0.3, -0.25) is 4.79 Å². The number of esters is 1. The molecule has 1 aliphatic rings. The molecular formula is C25H32O4S. The van der Waals surface area contributed by atoms with E-state index >= 15 is 0 Å². The van der Waals surface area contributed by atoms with Gasteiger partial charge in [-0.2, -0.15) is 0 Å². The highest BCUT2D eigenvalue weighted by Crippen LogP contribution is 2.46. The summed E-state index contributed by atoms with van der Waals surface area (Å²) in [6.45, 7) is 11.0. The standard InChI is InChI=1S/C25H32O4S/c1-6-29-23(26)14-9-18-7-10-19(11-8-18)30(27,28)20-12-13-21-22(17-20)25(4,5)16-15-24(21,2)3/h7-8,10-13,17H,6,9,14-16H2,1-5H3. The van der Waals surface area contributed by atoms with E-state index in [1.807, 2.05) is 12.1 Å². The van der Waals surface area contributed by atoms with Gasteiger partial charge >= 0.3 is 5.97 Å². The first-order valence-electron chi connectivity index (χ1n) is 10.6. The molecule has 5 heteroatoms. The molecule has 4 nitrogen and oxygen atoms in total. The second kappa shape index (κ2) is 8.18. The molecule has 0 spiro atoms. The molecule has 0 saturated carbocycles. The van der Waals surface area contributed by atoms with Crippen molar-refractivity contribution in [2.45, 2.75) is 80.9 Å². The molecule has 0 N–H and O–H groups in total. The Balaban J connectivity index is 1.88. The van der Waals surface area contributed by atoms with Gasteiger partial charge in [-0.1, -0.05) is 45.9 Å². The second-order valence-electron chi connectivity index (χ2n) is 9.43. The maximum Gasteiger partial charge on any atom is 0.306 e. The van der Waals surface area contributed by atoms with Gasteiger partial charge in [-0.15, -0.1) is 0 Å². The van der Waals surface area contributed by atoms with Gasteiger partial charge < -0.3 is 4.74 Å². The summed E-state index contributed by atoms with van der Waals surface area (Å²) >= 11 is 0. The quantitative estimate of drug-likeness (QED) is 0.581. The molecule has 0 bridgehead atoms. The van der Waals surface area contributed by atoms with Crippen molar-refractivity contribution >= 4 is 15.8 Å². The molecule has 0 unspecified atom stereocenters. The van der Waals surface area contributed by atoms with Crippen LogP contribution < -0.4 is 0 Å². The van der Waals surface area contributed by atoms with Gasteiger partial charge in [0.2, 0.25) is 9.84 Å². The summed E-state index contributed by atoms with van der Waals surface area (Å²) in [5, 5.41) is 0. The Morgan fingerprint density at radius 1 is 0.900 bits per heavy atom. The molecular weight excluding hydrogens is 396 g/mol. The molecule has 162 valence electrons. The minimum atomic E-state index is -3.61. The molecule has 1 aliphatic carbocycles. The van der Waals surface area contributed by atoms with Crippen molar-refractivity contribution in [1.29, 1.82) is 0 Å². The summed E-state index contributed by atoms with van der Waals surface area (Å²) < 4.78 is 31.5. The first-order valence-corrected chi connectivity index (χ1v) is 12.1. The van der Waals surface area contributed by atoms with E-state index in [9.17, 15) is 13.2 Å². The molecule has 0 saturated heterocycles. The molecule has 0 aromatic heterocycles. The lowest BCUT2D eigenvalue weighted by atomic mass is 9.63. The smallest absolute Gasteiger partial charge is 0.306 e. The number of rotatable bonds is 6. The summed E-state index contributed by atoms with van der Waals surface area (Å²) in [5.74, 6) is -0.242. The maximum atomic E-state index is 13.3. The molecule has 0 radical (unpaired) electrons. The van der Waals surface area contributed by atoms with E-state index in [4.69, 9.17) is 4.74 Å². The minimum Gasteiger partial charge on any atom is -0.466 e. The van der Waals surface area contributed by atoms with Gasteiger partial charge in [-0.05, 0) is 78.0 Å². The Kier molecular flexibility index (Phi) is 6.15. The third-order valence-electron chi connectivity index (χ3n) is 6.29. The van der Waals surface area contributed by atoms with Crippen molar-refractivity contribution in [2.75, 3.05) is 6.61 Å². The summed E-state index contributed by atoms with van der Waals surface area (Å²) in [5.41, 5.74) is 3.29. The zero-order valence-corrected chi connectivity index (χ0v) is 19.4. The molecule has 0 amide bonds. The van der Waals surface area contributed by atoms with E-state index in [2.05, 4.69) is 27.7 Å². The van der Waals surface area contributed by atoms with Gasteiger partial charge in [0.05, 0.1) is 16.4 Å². The number of carbonyl (C=O) groups is 1. The maximum absolute atomic E-state index is 13.3. The van der Waals surface area contributed by atoms with E-state index in [-0.39, 0.29) is 28.1 Å². The average Bonchev–Trinajstić information content (AvgIpc) is 2.70. The third-order valence-corrected chi connectivity index (χ3v) is 8.06. The minimum absolute atomic E-state index is 0.0483. The van der Waals surface area contributed by atoms with Crippen LogP contribution in [0.25, 0.3) is 0 Å². The van der Waals surface area contributed by atoms with Crippen molar-refractivity contribution in [1.82, 2.24) is 0 Å². The Bertz CT molecular complexity index is 1030. The van der Waals surface area contributed by atoms with Gasteiger partial charge in [0.25, 0.3) is 0 Å². The van der Waals surface area contributed by atoms with Crippen molar-refractivity contribution in [3.63, 3.8) is 0 Å². The van der Waals surface area contributed by atoms with Gasteiger partial charge in [0.1, 0.15) is 0 Å². The topological polar surface area (TPSA) is 60.4 Å². The fraction of sp³-hybridized carbons (Fsp3) is 0.480. The van der Waals surface area contributed by atoms with Crippen LogP contribution in [0.15, 0.2) is 52.3 Å². The van der Waals surface area contributed by atoms with Crippen molar-refractivity contribution in [3.05, 3.63) is 59.2 Å². The normalized spacial score (nSPS) is 17.2. The van der Waals surface area contributed by atoms with Crippen LogP contribution >= 0.6 is 0 Å². The number of hydrogen-bond donors (Lipinski definition) is 0. The predicted octanol–water partition coefficient (Wildman–Crippen LogP) is 5.36. The molecule has 2 aromatic carbocycles. The number of fused-ring (bicyclic) bond motifs is 1. The zero-order valence-electron chi connectivity index (χ0n) is 18.6. The summed E-state index contributed by atoms with van der Waals surface area (Å²) in [4.78, 5) is 12.1. The predicted molar refractivity (Wildman–Crippen MR) is 119 cm³/mol. The molecule has 2 aromatic rings. The van der Waals surface area contributed by atoms with Crippen LogP contribution in [-0.2, 0) is 36.6 Å². The summed E-state index contributed by atoms with van der Waals surface area (Å²) in [7, 11) is -3.61. The fourth-order valence-electron chi connectivity index (χ4n) is 4.19. The number of benzene rings is 2. The number of sulfone groups is 1. The molecule has 0 fully saturated rings. The van der Waals surface area contributed by atoms with Crippen molar-refractivity contribution in [2.24, 2.45) is 0 Å². The first-order chi connectivity index (χ1) is 14.0. The number of carbonyl (C=O) groups excluding carboxylic acids is 1. The summed E-state index contributed by atoms with van der Waals surface area (Å²) in [6, 6.07) is 12.4. The monoisotopic (exact) mass is 428 g/mol. The largest absolute Gasteiger partial charge is 0.466 e. The second-order valence-corrected chi connectivity index (χ2v) is 11.4. The van der Waals surface area contributed by atoms with Crippen LogP contribution in [0.3, 0.4) is 0 Å². The van der Waals surface area contributed by atoms with E-state index in [0.717, 1.165) is 24.0 Å². The Morgan fingerprint density at radius 3 is 2.07 bits per heavy atom. The number of hydrogen-bond acceptors (Lipinski definition) is 4. The average molecular weight is 429 g/mol. The first kappa shape index (κ1) is 22.5. The third kappa shape index (κ3) is 4.46. The van der Waals surface area contributed by atoms with Gasteiger partial charge in [0.15, 0.2) is 0 Å². The fourth-order valence-corrected chi connectivity index (χ4v) is 5.47. The molecule has 3 rings (SSSR count). The van der Waals surface area contributed by atoms with Crippen LogP contribution in [0.1, 0.15) is 70.6 Å². The number of aryl methyl sites for hydroxylation is 1. The SMILES string of the molecule is CCOC(=O)CCc1ccc(S(=O)(=O)c2ccc3c(c2)C(C)(C)CCC3(C)C)cc1. The molecule has 30 heavy (non-hydrogen) atoms. The van der Waals surface area contributed by atoms with Crippen LogP contribution in [0.2, 0.25) is 0 Å². The van der Waals surface area contributed by atoms with Crippen molar-refractivity contribution in [3.8, 4) is 0 Å². The van der Waals surface area contributed by atoms with Gasteiger partial charge in [0, 0.05) is 6.42 Å². The lowest BCUT2D eigenvalue weighted by Crippen LogP contribution is -2.34. The van der Waals surface area contributed by atoms with E-state index in [0.29, 0.717) is 17.9 Å². The van der Waals surface area contributed by atoms with Crippen molar-refractivity contribution < 1.29 is 17.9 Å².